The molecule has 1 atom stereocenters. The second-order valence-corrected chi connectivity index (χ2v) is 6.16. The summed E-state index contributed by atoms with van der Waals surface area (Å²) in [6, 6.07) is 5.35. The predicted molar refractivity (Wildman–Crippen MR) is 108 cm³/mol. The summed E-state index contributed by atoms with van der Waals surface area (Å²) in [7, 11) is 4.71. The van der Waals surface area contributed by atoms with Gasteiger partial charge >= 0.3 is 6.03 Å². The van der Waals surface area contributed by atoms with E-state index < -0.39 is 0 Å². The van der Waals surface area contributed by atoms with E-state index in [1.54, 1.807) is 38.3 Å². The smallest absolute Gasteiger partial charge is 0.320 e. The molecule has 2 heterocycles. The van der Waals surface area contributed by atoms with Crippen molar-refractivity contribution in [1.29, 1.82) is 0 Å². The van der Waals surface area contributed by atoms with Gasteiger partial charge in [-0.3, -0.25) is 5.32 Å². The number of ether oxygens (including phenoxy) is 3. The van der Waals surface area contributed by atoms with Crippen LogP contribution in [0.2, 0.25) is 0 Å². The van der Waals surface area contributed by atoms with Crippen LogP contribution in [-0.4, -0.2) is 56.3 Å². The molecule has 0 saturated carbocycles. The molecule has 9 nitrogen and oxygen atoms in total. The average Bonchev–Trinajstić information content (AvgIpc) is 3.33. The van der Waals surface area contributed by atoms with Gasteiger partial charge in [0, 0.05) is 24.2 Å². The van der Waals surface area contributed by atoms with Crippen molar-refractivity contribution in [1.82, 2.24) is 20.4 Å². The zero-order chi connectivity index (χ0) is 19.2. The van der Waals surface area contributed by atoms with E-state index in [1.807, 2.05) is 12.1 Å². The summed E-state index contributed by atoms with van der Waals surface area (Å²) in [5.74, 6) is 2.27. The number of aromatic nitrogens is 2. The average molecular weight is 412 g/mol. The second kappa shape index (κ2) is 10.0. The third kappa shape index (κ3) is 4.79. The molecule has 0 unspecified atom stereocenters. The Morgan fingerprint density at radius 1 is 1.21 bits per heavy atom. The second-order valence-electron chi connectivity index (χ2n) is 6.16. The van der Waals surface area contributed by atoms with Crippen LogP contribution in [0.1, 0.15) is 12.0 Å². The van der Waals surface area contributed by atoms with E-state index in [9.17, 15) is 4.79 Å². The molecule has 0 radical (unpaired) electrons. The summed E-state index contributed by atoms with van der Waals surface area (Å²) >= 11 is 0. The lowest BCUT2D eigenvalue weighted by Crippen LogP contribution is -2.39. The number of benzene rings is 1. The maximum Gasteiger partial charge on any atom is 0.320 e. The zero-order valence-electron chi connectivity index (χ0n) is 16.2. The minimum absolute atomic E-state index is 0. The molecule has 1 aliphatic rings. The highest BCUT2D eigenvalue weighted by molar-refractivity contribution is 5.88. The molecule has 10 heteroatoms. The molecule has 28 heavy (non-hydrogen) atoms. The van der Waals surface area contributed by atoms with E-state index >= 15 is 0 Å². The molecule has 0 bridgehead atoms. The summed E-state index contributed by atoms with van der Waals surface area (Å²) < 4.78 is 17.9. The highest BCUT2D eigenvalue weighted by Gasteiger charge is 2.19. The van der Waals surface area contributed by atoms with Crippen LogP contribution in [0, 0.1) is 0 Å². The standard InChI is InChI=1S/C18H25N5O4.ClH/c1-25-14-5-4-12(16(26-2)17(14)27-3)11-23-15(7-9-20-23)22-18(24)21-13-6-8-19-10-13;/h4-5,7,9,13,19H,6,8,10-11H2,1-3H3,(H2,21,22,24);1H/t13-;/m1./s1. The predicted octanol–water partition coefficient (Wildman–Crippen LogP) is 1.86. The van der Waals surface area contributed by atoms with Crippen molar-refractivity contribution in [3.8, 4) is 17.2 Å². The quantitative estimate of drug-likeness (QED) is 0.643. The third-order valence-electron chi connectivity index (χ3n) is 4.46. The van der Waals surface area contributed by atoms with E-state index in [4.69, 9.17) is 14.2 Å². The van der Waals surface area contributed by atoms with Gasteiger partial charge in [0.05, 0.1) is 34.1 Å². The first-order chi connectivity index (χ1) is 13.2. The van der Waals surface area contributed by atoms with Crippen molar-refractivity contribution >= 4 is 24.3 Å². The number of nitrogens with one attached hydrogen (secondary N) is 3. The monoisotopic (exact) mass is 411 g/mol. The fourth-order valence-corrected chi connectivity index (χ4v) is 3.13. The minimum Gasteiger partial charge on any atom is -0.493 e. The van der Waals surface area contributed by atoms with Gasteiger partial charge in [0.1, 0.15) is 5.82 Å². The van der Waals surface area contributed by atoms with E-state index in [0.717, 1.165) is 25.1 Å². The first kappa shape index (κ1) is 21.6. The van der Waals surface area contributed by atoms with Gasteiger partial charge in [-0.25, -0.2) is 9.48 Å². The van der Waals surface area contributed by atoms with Gasteiger partial charge in [0.2, 0.25) is 5.75 Å². The molecule has 0 spiro atoms. The Morgan fingerprint density at radius 3 is 2.64 bits per heavy atom. The zero-order valence-corrected chi connectivity index (χ0v) is 17.0. The van der Waals surface area contributed by atoms with E-state index in [0.29, 0.717) is 29.6 Å². The van der Waals surface area contributed by atoms with Crippen LogP contribution in [-0.2, 0) is 6.54 Å². The molecular formula is C18H26ClN5O4. The lowest BCUT2D eigenvalue weighted by atomic mass is 10.1. The van der Waals surface area contributed by atoms with Crippen molar-refractivity contribution < 1.29 is 19.0 Å². The number of anilines is 1. The van der Waals surface area contributed by atoms with Crippen LogP contribution in [0.5, 0.6) is 17.2 Å². The number of methoxy groups -OCH3 is 3. The molecule has 1 fully saturated rings. The van der Waals surface area contributed by atoms with Gasteiger partial charge < -0.3 is 24.8 Å². The highest BCUT2D eigenvalue weighted by Crippen LogP contribution is 2.40. The van der Waals surface area contributed by atoms with Gasteiger partial charge in [0.25, 0.3) is 0 Å². The van der Waals surface area contributed by atoms with Crippen molar-refractivity contribution in [2.75, 3.05) is 39.7 Å². The molecule has 154 valence electrons. The van der Waals surface area contributed by atoms with Crippen LogP contribution in [0.25, 0.3) is 0 Å². The van der Waals surface area contributed by atoms with Crippen molar-refractivity contribution in [3.63, 3.8) is 0 Å². The van der Waals surface area contributed by atoms with E-state index in [2.05, 4.69) is 21.0 Å². The molecule has 3 N–H and O–H groups in total. The number of amides is 2. The number of halogens is 1. The summed E-state index contributed by atoms with van der Waals surface area (Å²) in [6.07, 6.45) is 2.56. The first-order valence-electron chi connectivity index (χ1n) is 8.74. The van der Waals surface area contributed by atoms with Gasteiger partial charge in [-0.1, -0.05) is 0 Å². The van der Waals surface area contributed by atoms with Crippen LogP contribution < -0.4 is 30.2 Å². The van der Waals surface area contributed by atoms with Crippen LogP contribution in [0.3, 0.4) is 0 Å². The summed E-state index contributed by atoms with van der Waals surface area (Å²) in [5.41, 5.74) is 0.849. The van der Waals surface area contributed by atoms with Crippen LogP contribution >= 0.6 is 12.4 Å². The first-order valence-corrected chi connectivity index (χ1v) is 8.74. The number of rotatable bonds is 7. The highest BCUT2D eigenvalue weighted by atomic mass is 35.5. The summed E-state index contributed by atoms with van der Waals surface area (Å²) in [6.45, 7) is 2.11. The fraction of sp³-hybridized carbons (Fsp3) is 0.444. The Kier molecular flexibility index (Phi) is 7.77. The van der Waals surface area contributed by atoms with Gasteiger partial charge in [-0.05, 0) is 25.1 Å². The topological polar surface area (TPSA) is 98.7 Å². The number of hydrogen-bond acceptors (Lipinski definition) is 6. The van der Waals surface area contributed by atoms with E-state index in [1.165, 1.54) is 0 Å². The number of urea groups is 1. The summed E-state index contributed by atoms with van der Waals surface area (Å²) in [4.78, 5) is 12.2. The molecule has 1 aromatic heterocycles. The van der Waals surface area contributed by atoms with Crippen molar-refractivity contribution in [2.24, 2.45) is 0 Å². The van der Waals surface area contributed by atoms with Crippen molar-refractivity contribution in [2.45, 2.75) is 19.0 Å². The molecule has 2 amide bonds. The Bertz CT molecular complexity index is 792. The maximum absolute atomic E-state index is 12.2. The van der Waals surface area contributed by atoms with Gasteiger partial charge in [0.15, 0.2) is 11.5 Å². The SMILES string of the molecule is COc1ccc(Cn2nccc2NC(=O)N[C@@H]2CCNC2)c(OC)c1OC.Cl. The van der Waals surface area contributed by atoms with E-state index in [-0.39, 0.29) is 24.5 Å². The number of carbonyl (C=O) groups is 1. The molecule has 1 aromatic carbocycles. The molecular weight excluding hydrogens is 386 g/mol. The Labute approximate surface area is 170 Å². The molecule has 1 saturated heterocycles. The third-order valence-corrected chi connectivity index (χ3v) is 4.46. The number of carbonyl (C=O) groups excluding carboxylic acids is 1. The van der Waals surface area contributed by atoms with Crippen LogP contribution in [0.15, 0.2) is 24.4 Å². The fourth-order valence-electron chi connectivity index (χ4n) is 3.13. The number of nitrogens with zero attached hydrogens (tertiary/aromatic N) is 2. The van der Waals surface area contributed by atoms with Gasteiger partial charge in [-0.2, -0.15) is 5.10 Å². The Balaban J connectivity index is 0.00000280. The minimum atomic E-state index is -0.246. The van der Waals surface area contributed by atoms with Crippen molar-refractivity contribution in [3.05, 3.63) is 30.0 Å². The lowest BCUT2D eigenvalue weighted by molar-refractivity contribution is 0.249. The summed E-state index contributed by atoms with van der Waals surface area (Å²) in [5, 5.41) is 13.3. The number of hydrogen-bond donors (Lipinski definition) is 3. The molecule has 1 aliphatic heterocycles. The Morgan fingerprint density at radius 2 is 2.00 bits per heavy atom. The molecule has 2 aromatic rings. The largest absolute Gasteiger partial charge is 0.493 e. The lowest BCUT2D eigenvalue weighted by Gasteiger charge is -2.17. The maximum atomic E-state index is 12.2. The molecule has 0 aliphatic carbocycles. The van der Waals surface area contributed by atoms with Gasteiger partial charge in [-0.15, -0.1) is 12.4 Å². The Hall–Kier alpha value is -2.65. The normalized spacial score (nSPS) is 15.5. The molecule has 3 rings (SSSR count). The van der Waals surface area contributed by atoms with Crippen LogP contribution in [0.4, 0.5) is 10.6 Å².